The molecule has 0 fully saturated rings. The van der Waals surface area contributed by atoms with Gasteiger partial charge in [0.05, 0.1) is 0 Å². The molecule has 56 heavy (non-hydrogen) atoms. The van der Waals surface area contributed by atoms with Crippen molar-refractivity contribution < 1.29 is 0 Å². The van der Waals surface area contributed by atoms with E-state index >= 15 is 0 Å². The van der Waals surface area contributed by atoms with Crippen LogP contribution in [0.1, 0.15) is 25.0 Å². The van der Waals surface area contributed by atoms with E-state index in [0.717, 1.165) is 17.1 Å². The van der Waals surface area contributed by atoms with Gasteiger partial charge in [-0.05, 0) is 126 Å². The Labute approximate surface area is 329 Å². The summed E-state index contributed by atoms with van der Waals surface area (Å²) in [4.78, 5) is 2.36. The molecule has 1 aliphatic carbocycles. The van der Waals surface area contributed by atoms with Crippen LogP contribution in [-0.2, 0) is 5.41 Å². The first-order chi connectivity index (χ1) is 27.5. The monoisotopic (exact) mass is 715 g/mol. The quantitative estimate of drug-likeness (QED) is 0.159. The van der Waals surface area contributed by atoms with Crippen molar-refractivity contribution in [3.8, 4) is 55.6 Å². The lowest BCUT2D eigenvalue weighted by atomic mass is 9.78. The Morgan fingerprint density at radius 3 is 1.20 bits per heavy atom. The lowest BCUT2D eigenvalue weighted by Crippen LogP contribution is -2.15. The molecule has 0 saturated heterocycles. The first-order valence-corrected chi connectivity index (χ1v) is 19.5. The average molecular weight is 716 g/mol. The smallest absolute Gasteiger partial charge is 0.0462 e. The third kappa shape index (κ3) is 5.81. The second-order valence-electron chi connectivity index (χ2n) is 15.4. The maximum absolute atomic E-state index is 2.45. The fourth-order valence-electron chi connectivity index (χ4n) is 8.85. The standard InChI is InChI=1S/C55H41N/c1-55(2)53-36-44(40-18-10-5-11-19-40)28-35-49(53)52-37-51(48-20-12-13-21-50(48)54(52)55)43-26-33-47(34-27-43)56(45-29-22-41(23-30-45)38-14-6-3-7-15-38)46-31-24-42(25-32-46)39-16-8-4-9-17-39/h3-37H,1-2H3. The van der Waals surface area contributed by atoms with Crippen LogP contribution in [-0.4, -0.2) is 0 Å². The van der Waals surface area contributed by atoms with Crippen molar-refractivity contribution in [1.82, 2.24) is 0 Å². The second-order valence-corrected chi connectivity index (χ2v) is 15.4. The van der Waals surface area contributed by atoms with Gasteiger partial charge in [-0.2, -0.15) is 0 Å². The minimum Gasteiger partial charge on any atom is -0.311 e. The number of benzene rings is 9. The zero-order valence-electron chi connectivity index (χ0n) is 31.7. The van der Waals surface area contributed by atoms with Crippen LogP contribution in [0.25, 0.3) is 66.4 Å². The molecule has 0 bridgehead atoms. The molecule has 0 aromatic heterocycles. The van der Waals surface area contributed by atoms with Crippen molar-refractivity contribution in [2.24, 2.45) is 0 Å². The van der Waals surface area contributed by atoms with E-state index < -0.39 is 0 Å². The molecule has 0 N–H and O–H groups in total. The van der Waals surface area contributed by atoms with Crippen LogP contribution < -0.4 is 4.90 Å². The molecule has 10 rings (SSSR count). The number of hydrogen-bond acceptors (Lipinski definition) is 1. The zero-order valence-corrected chi connectivity index (χ0v) is 31.7. The van der Waals surface area contributed by atoms with Gasteiger partial charge < -0.3 is 4.90 Å². The van der Waals surface area contributed by atoms with E-state index in [4.69, 9.17) is 0 Å². The predicted molar refractivity (Wildman–Crippen MR) is 238 cm³/mol. The minimum absolute atomic E-state index is 0.135. The second kappa shape index (κ2) is 13.7. The van der Waals surface area contributed by atoms with Crippen LogP contribution in [0.15, 0.2) is 212 Å². The van der Waals surface area contributed by atoms with Crippen molar-refractivity contribution >= 4 is 27.8 Å². The molecule has 266 valence electrons. The molecule has 0 heterocycles. The molecule has 0 atom stereocenters. The normalized spacial score (nSPS) is 12.6. The Morgan fingerprint density at radius 2 is 0.696 bits per heavy atom. The number of fused-ring (bicyclic) bond motifs is 5. The Hall–Kier alpha value is -6.96. The summed E-state index contributed by atoms with van der Waals surface area (Å²) in [6, 6.07) is 77.4. The van der Waals surface area contributed by atoms with Gasteiger partial charge in [-0.25, -0.2) is 0 Å². The topological polar surface area (TPSA) is 3.24 Å². The molecule has 9 aromatic carbocycles. The van der Waals surface area contributed by atoms with E-state index in [0.29, 0.717) is 0 Å². The van der Waals surface area contributed by atoms with Crippen LogP contribution in [0.5, 0.6) is 0 Å². The van der Waals surface area contributed by atoms with Crippen LogP contribution in [0.2, 0.25) is 0 Å². The minimum atomic E-state index is -0.135. The third-order valence-electron chi connectivity index (χ3n) is 11.7. The molecule has 0 amide bonds. The van der Waals surface area contributed by atoms with Crippen molar-refractivity contribution in [1.29, 1.82) is 0 Å². The van der Waals surface area contributed by atoms with Crippen LogP contribution in [0.3, 0.4) is 0 Å². The summed E-state index contributed by atoms with van der Waals surface area (Å²) in [5.41, 5.74) is 18.5. The van der Waals surface area contributed by atoms with Crippen LogP contribution >= 0.6 is 0 Å². The van der Waals surface area contributed by atoms with E-state index in [2.05, 4.69) is 231 Å². The van der Waals surface area contributed by atoms with Gasteiger partial charge in [-0.1, -0.05) is 178 Å². The Bertz CT molecular complexity index is 2740. The Morgan fingerprint density at radius 1 is 0.304 bits per heavy atom. The highest BCUT2D eigenvalue weighted by Crippen LogP contribution is 2.54. The van der Waals surface area contributed by atoms with E-state index in [1.165, 1.54) is 77.5 Å². The molecule has 0 radical (unpaired) electrons. The molecule has 0 aliphatic heterocycles. The lowest BCUT2D eigenvalue weighted by Gasteiger charge is -2.26. The molecule has 0 unspecified atom stereocenters. The van der Waals surface area contributed by atoms with Crippen molar-refractivity contribution in [2.75, 3.05) is 4.90 Å². The first-order valence-electron chi connectivity index (χ1n) is 19.5. The van der Waals surface area contributed by atoms with Crippen molar-refractivity contribution in [2.45, 2.75) is 19.3 Å². The van der Waals surface area contributed by atoms with Gasteiger partial charge in [0.1, 0.15) is 0 Å². The van der Waals surface area contributed by atoms with E-state index in [1.54, 1.807) is 0 Å². The first kappa shape index (κ1) is 33.6. The van der Waals surface area contributed by atoms with Crippen molar-refractivity contribution in [3.05, 3.63) is 223 Å². The van der Waals surface area contributed by atoms with E-state index in [1.807, 2.05) is 0 Å². The predicted octanol–water partition coefficient (Wildman–Crippen LogP) is 15.3. The molecule has 9 aromatic rings. The van der Waals surface area contributed by atoms with Crippen LogP contribution in [0.4, 0.5) is 17.1 Å². The summed E-state index contributed by atoms with van der Waals surface area (Å²) in [5.74, 6) is 0. The Balaban J connectivity index is 1.06. The summed E-state index contributed by atoms with van der Waals surface area (Å²) >= 11 is 0. The zero-order chi connectivity index (χ0) is 37.6. The molecule has 0 spiro atoms. The fourth-order valence-corrected chi connectivity index (χ4v) is 8.85. The number of nitrogens with zero attached hydrogens (tertiary/aromatic N) is 1. The summed E-state index contributed by atoms with van der Waals surface area (Å²) in [6.07, 6.45) is 0. The molecule has 1 aliphatic rings. The molecular weight excluding hydrogens is 675 g/mol. The highest BCUT2D eigenvalue weighted by molar-refractivity contribution is 6.06. The number of rotatable bonds is 7. The van der Waals surface area contributed by atoms with Gasteiger partial charge in [-0.15, -0.1) is 0 Å². The fraction of sp³-hybridized carbons (Fsp3) is 0.0545. The molecule has 1 heteroatoms. The highest BCUT2D eigenvalue weighted by Gasteiger charge is 2.37. The number of anilines is 3. The van der Waals surface area contributed by atoms with Gasteiger partial charge in [0.2, 0.25) is 0 Å². The van der Waals surface area contributed by atoms with Crippen molar-refractivity contribution in [3.63, 3.8) is 0 Å². The van der Waals surface area contributed by atoms with Gasteiger partial charge in [0.25, 0.3) is 0 Å². The maximum atomic E-state index is 2.45. The summed E-state index contributed by atoms with van der Waals surface area (Å²) in [6.45, 7) is 4.78. The molecule has 1 nitrogen and oxygen atoms in total. The Kier molecular flexibility index (Phi) is 8.23. The van der Waals surface area contributed by atoms with Gasteiger partial charge in [0, 0.05) is 22.5 Å². The summed E-state index contributed by atoms with van der Waals surface area (Å²) in [7, 11) is 0. The average Bonchev–Trinajstić information content (AvgIpc) is 3.50. The molecular formula is C55H41N. The highest BCUT2D eigenvalue weighted by atomic mass is 15.1. The SMILES string of the molecule is CC1(C)c2cc(-c3ccccc3)ccc2-c2cc(-c3ccc(N(c4ccc(-c5ccccc5)cc4)c4ccc(-c5ccccc5)cc4)cc3)c3ccccc3c21. The van der Waals surface area contributed by atoms with Crippen LogP contribution in [0, 0.1) is 0 Å². The third-order valence-corrected chi connectivity index (χ3v) is 11.7. The van der Waals surface area contributed by atoms with E-state index in [-0.39, 0.29) is 5.41 Å². The largest absolute Gasteiger partial charge is 0.311 e. The maximum Gasteiger partial charge on any atom is 0.0462 e. The van der Waals surface area contributed by atoms with Gasteiger partial charge in [-0.3, -0.25) is 0 Å². The van der Waals surface area contributed by atoms with Gasteiger partial charge in [0.15, 0.2) is 0 Å². The van der Waals surface area contributed by atoms with Gasteiger partial charge >= 0.3 is 0 Å². The van der Waals surface area contributed by atoms with E-state index in [9.17, 15) is 0 Å². The number of hydrogen-bond donors (Lipinski definition) is 0. The molecule has 0 saturated carbocycles. The summed E-state index contributed by atoms with van der Waals surface area (Å²) < 4.78 is 0. The summed E-state index contributed by atoms with van der Waals surface area (Å²) in [5, 5.41) is 2.61. The lowest BCUT2D eigenvalue weighted by molar-refractivity contribution is 0.666.